The van der Waals surface area contributed by atoms with Crippen molar-refractivity contribution >= 4 is 17.5 Å². The molecule has 0 aliphatic carbocycles. The number of anilines is 3. The molecule has 0 amide bonds. The van der Waals surface area contributed by atoms with Crippen LogP contribution in [-0.4, -0.2) is 60.6 Å². The highest BCUT2D eigenvalue weighted by molar-refractivity contribution is 5.48. The molecule has 7 heteroatoms. The summed E-state index contributed by atoms with van der Waals surface area (Å²) in [6, 6.07) is 10.5. The molecule has 1 N–H and O–H groups in total. The monoisotopic (exact) mass is 340 g/mol. The van der Waals surface area contributed by atoms with Gasteiger partial charge in [0.25, 0.3) is 0 Å². The molecule has 132 valence electrons. The van der Waals surface area contributed by atoms with Crippen molar-refractivity contribution in [1.29, 1.82) is 0 Å². The number of hydrogen-bond donors (Lipinski definition) is 1. The van der Waals surface area contributed by atoms with Gasteiger partial charge in [-0.15, -0.1) is 5.10 Å². The highest BCUT2D eigenvalue weighted by Gasteiger charge is 2.20. The van der Waals surface area contributed by atoms with Crippen LogP contribution in [0.1, 0.15) is 12.8 Å². The summed E-state index contributed by atoms with van der Waals surface area (Å²) in [4.78, 5) is 9.21. The number of ether oxygens (including phenoxy) is 1. The summed E-state index contributed by atoms with van der Waals surface area (Å²) in [6.07, 6.45) is 4.22. The van der Waals surface area contributed by atoms with E-state index in [2.05, 4.69) is 54.6 Å². The highest BCUT2D eigenvalue weighted by Crippen LogP contribution is 2.18. The van der Waals surface area contributed by atoms with Gasteiger partial charge in [-0.05, 0) is 25.0 Å². The molecular weight excluding hydrogens is 316 g/mol. The van der Waals surface area contributed by atoms with Gasteiger partial charge < -0.3 is 19.9 Å². The van der Waals surface area contributed by atoms with Gasteiger partial charge in [0.15, 0.2) is 5.82 Å². The molecule has 2 fully saturated rings. The molecule has 1 unspecified atom stereocenters. The van der Waals surface area contributed by atoms with Gasteiger partial charge in [0, 0.05) is 45.0 Å². The Kier molecular flexibility index (Phi) is 4.92. The van der Waals surface area contributed by atoms with Crippen LogP contribution in [0.15, 0.2) is 36.5 Å². The average molecular weight is 340 g/mol. The number of hydrogen-bond acceptors (Lipinski definition) is 7. The molecule has 7 nitrogen and oxygen atoms in total. The fraction of sp³-hybridized carbons (Fsp3) is 0.500. The lowest BCUT2D eigenvalue weighted by atomic mass is 10.2. The molecule has 0 bridgehead atoms. The van der Waals surface area contributed by atoms with E-state index < -0.39 is 0 Å². The predicted octanol–water partition coefficient (Wildman–Crippen LogP) is 1.79. The van der Waals surface area contributed by atoms with E-state index in [9.17, 15) is 0 Å². The van der Waals surface area contributed by atoms with Crippen molar-refractivity contribution in [2.24, 2.45) is 0 Å². The first-order valence-corrected chi connectivity index (χ1v) is 8.98. The summed E-state index contributed by atoms with van der Waals surface area (Å²) in [7, 11) is 0. The van der Waals surface area contributed by atoms with Gasteiger partial charge in [0.2, 0.25) is 5.95 Å². The van der Waals surface area contributed by atoms with Crippen LogP contribution in [0.3, 0.4) is 0 Å². The zero-order valence-electron chi connectivity index (χ0n) is 14.3. The second-order valence-electron chi connectivity index (χ2n) is 6.47. The van der Waals surface area contributed by atoms with Gasteiger partial charge in [-0.2, -0.15) is 10.1 Å². The van der Waals surface area contributed by atoms with Gasteiger partial charge in [0.1, 0.15) is 0 Å². The first-order valence-electron chi connectivity index (χ1n) is 8.98. The predicted molar refractivity (Wildman–Crippen MR) is 98.2 cm³/mol. The number of aromatic nitrogens is 3. The Morgan fingerprint density at radius 2 is 1.88 bits per heavy atom. The molecule has 1 aromatic heterocycles. The van der Waals surface area contributed by atoms with Crippen molar-refractivity contribution < 1.29 is 4.74 Å². The van der Waals surface area contributed by atoms with E-state index in [1.807, 2.05) is 6.07 Å². The highest BCUT2D eigenvalue weighted by atomic mass is 16.5. The molecule has 1 aromatic carbocycles. The van der Waals surface area contributed by atoms with Crippen LogP contribution in [0.2, 0.25) is 0 Å². The van der Waals surface area contributed by atoms with Crippen molar-refractivity contribution in [3.63, 3.8) is 0 Å². The normalized spacial score (nSPS) is 20.7. The van der Waals surface area contributed by atoms with E-state index in [0.717, 1.165) is 58.0 Å². The Morgan fingerprint density at radius 1 is 1.08 bits per heavy atom. The van der Waals surface area contributed by atoms with Crippen LogP contribution in [0.25, 0.3) is 0 Å². The molecular formula is C18H24N6O. The van der Waals surface area contributed by atoms with Crippen LogP contribution < -0.4 is 15.1 Å². The fourth-order valence-corrected chi connectivity index (χ4v) is 3.34. The van der Waals surface area contributed by atoms with Crippen LogP contribution in [0, 0.1) is 0 Å². The smallest absolute Gasteiger partial charge is 0.247 e. The maximum absolute atomic E-state index is 5.63. The minimum atomic E-state index is 0.285. The summed E-state index contributed by atoms with van der Waals surface area (Å²) in [5.41, 5.74) is 1.27. The Labute approximate surface area is 148 Å². The molecule has 0 spiro atoms. The number of nitrogens with one attached hydrogen (secondary N) is 1. The maximum atomic E-state index is 5.63. The number of nitrogens with zero attached hydrogens (tertiary/aromatic N) is 5. The molecule has 0 radical (unpaired) electrons. The molecule has 2 aromatic rings. The van der Waals surface area contributed by atoms with Gasteiger partial charge in [-0.25, -0.2) is 0 Å². The van der Waals surface area contributed by atoms with E-state index in [0.29, 0.717) is 5.95 Å². The Morgan fingerprint density at radius 3 is 2.64 bits per heavy atom. The molecule has 25 heavy (non-hydrogen) atoms. The Hall–Kier alpha value is -2.41. The van der Waals surface area contributed by atoms with E-state index in [1.165, 1.54) is 5.69 Å². The lowest BCUT2D eigenvalue weighted by molar-refractivity contribution is 0.120. The van der Waals surface area contributed by atoms with E-state index in [-0.39, 0.29) is 6.10 Å². The van der Waals surface area contributed by atoms with Gasteiger partial charge in [-0.3, -0.25) is 0 Å². The van der Waals surface area contributed by atoms with E-state index >= 15 is 0 Å². The molecule has 1 atom stereocenters. The molecule has 4 rings (SSSR count). The third-order valence-electron chi connectivity index (χ3n) is 4.77. The quantitative estimate of drug-likeness (QED) is 0.890. The van der Waals surface area contributed by atoms with E-state index in [1.54, 1.807) is 6.20 Å². The first kappa shape index (κ1) is 16.1. The first-order chi connectivity index (χ1) is 12.4. The standard InChI is InChI=1S/C18H24N6O/c1-2-5-15(6-3-1)23-8-10-24(11-9-23)18-21-17(14-20-22-18)19-13-16-7-4-12-25-16/h1-3,5-6,14,16H,4,7-13H2,(H,19,21,22). The summed E-state index contributed by atoms with van der Waals surface area (Å²) in [6.45, 7) is 5.35. The van der Waals surface area contributed by atoms with Crippen molar-refractivity contribution in [3.05, 3.63) is 36.5 Å². The largest absolute Gasteiger partial charge is 0.376 e. The van der Waals surface area contributed by atoms with Gasteiger partial charge >= 0.3 is 0 Å². The average Bonchev–Trinajstić information content (AvgIpc) is 3.21. The second kappa shape index (κ2) is 7.65. The van der Waals surface area contributed by atoms with Crippen LogP contribution in [0.4, 0.5) is 17.5 Å². The van der Waals surface area contributed by atoms with Crippen molar-refractivity contribution in [2.75, 3.05) is 54.4 Å². The summed E-state index contributed by atoms with van der Waals surface area (Å²) in [5, 5.41) is 11.7. The van der Waals surface area contributed by atoms with Crippen LogP contribution in [0.5, 0.6) is 0 Å². The topological polar surface area (TPSA) is 66.4 Å². The fourth-order valence-electron chi connectivity index (χ4n) is 3.34. The molecule has 2 saturated heterocycles. The number of piperazine rings is 1. The number of para-hydroxylation sites is 1. The van der Waals surface area contributed by atoms with Gasteiger partial charge in [0.05, 0.1) is 12.3 Å². The summed E-state index contributed by atoms with van der Waals surface area (Å²) < 4.78 is 5.63. The van der Waals surface area contributed by atoms with E-state index in [4.69, 9.17) is 4.74 Å². The number of rotatable bonds is 5. The minimum absolute atomic E-state index is 0.285. The minimum Gasteiger partial charge on any atom is -0.376 e. The Balaban J connectivity index is 1.34. The molecule has 2 aliphatic rings. The zero-order valence-corrected chi connectivity index (χ0v) is 14.3. The SMILES string of the molecule is c1ccc(N2CCN(c3nncc(NCC4CCCO4)n3)CC2)cc1. The second-order valence-corrected chi connectivity index (χ2v) is 6.47. The lowest BCUT2D eigenvalue weighted by Gasteiger charge is -2.35. The number of benzene rings is 1. The lowest BCUT2D eigenvalue weighted by Crippen LogP contribution is -2.47. The molecule has 2 aliphatic heterocycles. The van der Waals surface area contributed by atoms with Crippen molar-refractivity contribution in [3.8, 4) is 0 Å². The third-order valence-corrected chi connectivity index (χ3v) is 4.77. The molecule has 3 heterocycles. The third kappa shape index (κ3) is 3.99. The summed E-state index contributed by atoms with van der Waals surface area (Å²) in [5.74, 6) is 1.47. The molecule has 0 saturated carbocycles. The van der Waals surface area contributed by atoms with Crippen molar-refractivity contribution in [1.82, 2.24) is 15.2 Å². The van der Waals surface area contributed by atoms with Crippen LogP contribution in [-0.2, 0) is 4.74 Å². The Bertz CT molecular complexity index is 668. The summed E-state index contributed by atoms with van der Waals surface area (Å²) >= 11 is 0. The maximum Gasteiger partial charge on any atom is 0.247 e. The van der Waals surface area contributed by atoms with Crippen molar-refractivity contribution in [2.45, 2.75) is 18.9 Å². The van der Waals surface area contributed by atoms with Gasteiger partial charge in [-0.1, -0.05) is 18.2 Å². The van der Waals surface area contributed by atoms with Crippen LogP contribution >= 0.6 is 0 Å². The zero-order chi connectivity index (χ0) is 16.9.